The van der Waals surface area contributed by atoms with Crippen LogP contribution in [0.4, 0.5) is 11.4 Å². The highest BCUT2D eigenvalue weighted by atomic mass is 16.6. The molecule has 178 valence electrons. The first-order valence-electron chi connectivity index (χ1n) is 12.0. The van der Waals surface area contributed by atoms with Gasteiger partial charge in [0.15, 0.2) is 0 Å². The minimum absolute atomic E-state index is 0.147. The summed E-state index contributed by atoms with van der Waals surface area (Å²) in [4.78, 5) is 26.5. The van der Waals surface area contributed by atoms with E-state index in [2.05, 4.69) is 16.4 Å². The first kappa shape index (κ1) is 25.8. The summed E-state index contributed by atoms with van der Waals surface area (Å²) in [6.07, 6.45) is 11.0. The van der Waals surface area contributed by atoms with E-state index in [1.165, 1.54) is 44.9 Å². The Bertz CT molecular complexity index is 712. The highest BCUT2D eigenvalue weighted by Gasteiger charge is 2.17. The fraction of sp³-hybridized carbons (Fsp3) is 0.640. The van der Waals surface area contributed by atoms with Crippen LogP contribution < -0.4 is 4.90 Å². The molecule has 0 bridgehead atoms. The zero-order valence-electron chi connectivity index (χ0n) is 19.6. The van der Waals surface area contributed by atoms with Gasteiger partial charge in [-0.15, -0.1) is 0 Å². The Morgan fingerprint density at radius 2 is 1.47 bits per heavy atom. The number of nitro benzene ring substituents is 1. The summed E-state index contributed by atoms with van der Waals surface area (Å²) >= 11 is 0. The van der Waals surface area contributed by atoms with Gasteiger partial charge in [0.05, 0.1) is 11.5 Å². The number of carbonyl (C=O) groups is 1. The monoisotopic (exact) mass is 445 g/mol. The lowest BCUT2D eigenvalue weighted by molar-refractivity contribution is -0.384. The minimum atomic E-state index is -0.352. The quantitative estimate of drug-likeness (QED) is 0.119. The number of non-ortho nitro benzene ring substituents is 1. The van der Waals surface area contributed by atoms with Crippen molar-refractivity contribution in [3.05, 3.63) is 46.5 Å². The lowest BCUT2D eigenvalue weighted by Crippen LogP contribution is -2.46. The SMILES string of the molecule is C=C(C)C(=O)OCCCCCCCCCCCN1CCN(c2ccc([N+](=O)[O-])cc2)CC1. The van der Waals surface area contributed by atoms with Crippen molar-refractivity contribution in [3.8, 4) is 0 Å². The Labute approximate surface area is 192 Å². The van der Waals surface area contributed by atoms with Gasteiger partial charge in [-0.3, -0.25) is 15.0 Å². The summed E-state index contributed by atoms with van der Waals surface area (Å²) in [6, 6.07) is 6.88. The van der Waals surface area contributed by atoms with Crippen molar-refractivity contribution < 1.29 is 14.5 Å². The number of carbonyl (C=O) groups excluding carboxylic acids is 1. The van der Waals surface area contributed by atoms with Crippen LogP contribution in [0.2, 0.25) is 0 Å². The topological polar surface area (TPSA) is 75.9 Å². The highest BCUT2D eigenvalue weighted by Crippen LogP contribution is 2.21. The Hall–Kier alpha value is -2.41. The third-order valence-electron chi connectivity index (χ3n) is 6.00. The molecule has 0 N–H and O–H groups in total. The number of rotatable bonds is 15. The zero-order valence-corrected chi connectivity index (χ0v) is 19.6. The van der Waals surface area contributed by atoms with Crippen molar-refractivity contribution in [1.29, 1.82) is 0 Å². The van der Waals surface area contributed by atoms with Crippen molar-refractivity contribution >= 4 is 17.3 Å². The summed E-state index contributed by atoms with van der Waals surface area (Å²) in [5, 5.41) is 10.8. The molecule has 1 fully saturated rings. The Kier molecular flexibility index (Phi) is 11.8. The van der Waals surface area contributed by atoms with Gasteiger partial charge in [-0.1, -0.05) is 51.5 Å². The third-order valence-corrected chi connectivity index (χ3v) is 6.00. The van der Waals surface area contributed by atoms with Gasteiger partial charge in [0.2, 0.25) is 0 Å². The van der Waals surface area contributed by atoms with Crippen molar-refractivity contribution in [1.82, 2.24) is 4.90 Å². The average Bonchev–Trinajstić information content (AvgIpc) is 2.80. The number of anilines is 1. The summed E-state index contributed by atoms with van der Waals surface area (Å²) in [5.74, 6) is -0.281. The van der Waals surface area contributed by atoms with E-state index < -0.39 is 0 Å². The van der Waals surface area contributed by atoms with Crippen LogP contribution >= 0.6 is 0 Å². The number of benzene rings is 1. The van der Waals surface area contributed by atoms with Crippen LogP contribution in [0, 0.1) is 10.1 Å². The second-order valence-corrected chi connectivity index (χ2v) is 8.70. The molecular formula is C25H39N3O4. The largest absolute Gasteiger partial charge is 0.462 e. The second kappa shape index (κ2) is 14.6. The first-order chi connectivity index (χ1) is 15.5. The molecule has 1 aliphatic rings. The third kappa shape index (κ3) is 9.81. The molecule has 0 spiro atoms. The van der Waals surface area contributed by atoms with Crippen molar-refractivity contribution in [2.75, 3.05) is 44.2 Å². The molecule has 1 aliphatic heterocycles. The summed E-state index contributed by atoms with van der Waals surface area (Å²) in [5.41, 5.74) is 1.69. The van der Waals surface area contributed by atoms with Gasteiger partial charge >= 0.3 is 5.97 Å². The molecule has 7 nitrogen and oxygen atoms in total. The Balaban J connectivity index is 1.41. The molecule has 7 heteroatoms. The first-order valence-corrected chi connectivity index (χ1v) is 12.0. The fourth-order valence-corrected chi connectivity index (χ4v) is 3.98. The molecule has 0 atom stereocenters. The van der Waals surface area contributed by atoms with Crippen molar-refractivity contribution in [2.24, 2.45) is 0 Å². The van der Waals surface area contributed by atoms with E-state index in [4.69, 9.17) is 4.74 Å². The van der Waals surface area contributed by atoms with Gasteiger partial charge in [0.25, 0.3) is 5.69 Å². The maximum absolute atomic E-state index is 11.3. The van der Waals surface area contributed by atoms with Crippen LogP contribution in [0.3, 0.4) is 0 Å². The van der Waals surface area contributed by atoms with Gasteiger partial charge in [-0.05, 0) is 38.4 Å². The molecule has 0 radical (unpaired) electrons. The maximum atomic E-state index is 11.3. The number of hydrogen-bond acceptors (Lipinski definition) is 6. The molecule has 1 saturated heterocycles. The number of unbranched alkanes of at least 4 members (excludes halogenated alkanes) is 8. The number of hydrogen-bond donors (Lipinski definition) is 0. The van der Waals surface area contributed by atoms with Gasteiger partial charge < -0.3 is 9.64 Å². The van der Waals surface area contributed by atoms with E-state index in [0.29, 0.717) is 12.2 Å². The van der Waals surface area contributed by atoms with Gasteiger partial charge in [-0.25, -0.2) is 4.79 Å². The number of piperazine rings is 1. The van der Waals surface area contributed by atoms with E-state index in [-0.39, 0.29) is 16.6 Å². The van der Waals surface area contributed by atoms with Crippen LogP contribution in [-0.4, -0.2) is 55.1 Å². The summed E-state index contributed by atoms with van der Waals surface area (Å²) in [7, 11) is 0. The molecule has 0 aromatic heterocycles. The molecule has 1 aromatic rings. The second-order valence-electron chi connectivity index (χ2n) is 8.70. The molecule has 32 heavy (non-hydrogen) atoms. The van der Waals surface area contributed by atoms with E-state index in [1.807, 2.05) is 12.1 Å². The van der Waals surface area contributed by atoms with E-state index in [9.17, 15) is 14.9 Å². The van der Waals surface area contributed by atoms with Crippen molar-refractivity contribution in [3.63, 3.8) is 0 Å². The average molecular weight is 446 g/mol. The van der Waals surface area contributed by atoms with Crippen molar-refractivity contribution in [2.45, 2.75) is 64.7 Å². The summed E-state index contributed by atoms with van der Waals surface area (Å²) < 4.78 is 5.10. The Morgan fingerprint density at radius 3 is 2.00 bits per heavy atom. The number of ether oxygens (including phenoxy) is 1. The van der Waals surface area contributed by atoms with Gasteiger partial charge in [0.1, 0.15) is 0 Å². The lowest BCUT2D eigenvalue weighted by atomic mass is 10.1. The number of nitrogens with zero attached hydrogens (tertiary/aromatic N) is 3. The molecular weight excluding hydrogens is 406 g/mol. The molecule has 1 aromatic carbocycles. The van der Waals surface area contributed by atoms with Gasteiger partial charge in [-0.2, -0.15) is 0 Å². The Morgan fingerprint density at radius 1 is 0.938 bits per heavy atom. The van der Waals surface area contributed by atoms with Crippen LogP contribution in [0.1, 0.15) is 64.7 Å². The molecule has 0 unspecified atom stereocenters. The van der Waals surface area contributed by atoms with Crippen LogP contribution in [0.25, 0.3) is 0 Å². The molecule has 1 heterocycles. The molecule has 0 aliphatic carbocycles. The molecule has 0 saturated carbocycles. The number of nitro groups is 1. The number of esters is 1. The normalized spacial score (nSPS) is 14.3. The smallest absolute Gasteiger partial charge is 0.333 e. The van der Waals surface area contributed by atoms with Crippen LogP contribution in [0.5, 0.6) is 0 Å². The molecule has 0 amide bonds. The standard InChI is InChI=1S/C25H39N3O4/c1-22(2)25(29)32-21-11-9-7-5-3-4-6-8-10-16-26-17-19-27(20-18-26)23-12-14-24(15-13-23)28(30)31/h12-15H,1,3-11,16-21H2,2H3. The zero-order chi connectivity index (χ0) is 23.2. The van der Waals surface area contributed by atoms with Crippen LogP contribution in [0.15, 0.2) is 36.4 Å². The fourth-order valence-electron chi connectivity index (χ4n) is 3.98. The van der Waals surface area contributed by atoms with Crippen LogP contribution in [-0.2, 0) is 9.53 Å². The lowest BCUT2D eigenvalue weighted by Gasteiger charge is -2.36. The highest BCUT2D eigenvalue weighted by molar-refractivity contribution is 5.86. The summed E-state index contributed by atoms with van der Waals surface area (Å²) in [6.45, 7) is 11.0. The van der Waals surface area contributed by atoms with E-state index in [1.54, 1.807) is 19.1 Å². The van der Waals surface area contributed by atoms with E-state index in [0.717, 1.165) is 51.3 Å². The molecule has 2 rings (SSSR count). The van der Waals surface area contributed by atoms with E-state index >= 15 is 0 Å². The maximum Gasteiger partial charge on any atom is 0.333 e. The predicted molar refractivity (Wildman–Crippen MR) is 129 cm³/mol. The predicted octanol–water partition coefficient (Wildman–Crippen LogP) is 5.35. The minimum Gasteiger partial charge on any atom is -0.462 e. The van der Waals surface area contributed by atoms with Gasteiger partial charge in [0, 0.05) is 49.6 Å².